The Morgan fingerprint density at radius 2 is 1.82 bits per heavy atom. The second-order valence-corrected chi connectivity index (χ2v) is 8.66. The van der Waals surface area contributed by atoms with Gasteiger partial charge in [-0.3, -0.25) is 9.67 Å². The van der Waals surface area contributed by atoms with E-state index in [2.05, 4.69) is 32.4 Å². The van der Waals surface area contributed by atoms with Crippen LogP contribution in [0.25, 0.3) is 22.3 Å². The molecule has 2 aromatic carbocycles. The Morgan fingerprint density at radius 1 is 1.00 bits per heavy atom. The average molecular weight is 459 g/mol. The van der Waals surface area contributed by atoms with Crippen LogP contribution in [0.1, 0.15) is 19.3 Å². The summed E-state index contributed by atoms with van der Waals surface area (Å²) in [4.78, 5) is 11.9. The van der Waals surface area contributed by atoms with E-state index in [1.54, 1.807) is 25.1 Å². The van der Waals surface area contributed by atoms with Crippen molar-refractivity contribution in [2.24, 2.45) is 7.05 Å². The molecule has 1 aliphatic rings. The number of methoxy groups -OCH3 is 2. The summed E-state index contributed by atoms with van der Waals surface area (Å²) in [5, 5.41) is 7.94. The van der Waals surface area contributed by atoms with Gasteiger partial charge in [0.25, 0.3) is 0 Å². The quantitative estimate of drug-likeness (QED) is 0.442. The monoisotopic (exact) mass is 458 g/mol. The van der Waals surface area contributed by atoms with Crippen molar-refractivity contribution in [3.63, 3.8) is 0 Å². The van der Waals surface area contributed by atoms with E-state index >= 15 is 0 Å². The molecule has 0 spiro atoms. The molecule has 0 amide bonds. The second-order valence-electron chi connectivity index (χ2n) is 8.66. The minimum Gasteiger partial charge on any atom is -0.497 e. The van der Waals surface area contributed by atoms with Crippen molar-refractivity contribution in [2.75, 3.05) is 32.2 Å². The van der Waals surface area contributed by atoms with E-state index in [4.69, 9.17) is 14.5 Å². The van der Waals surface area contributed by atoms with Crippen molar-refractivity contribution in [1.29, 1.82) is 0 Å². The third kappa shape index (κ3) is 4.68. The molecule has 0 radical (unpaired) electrons. The van der Waals surface area contributed by atoms with Crippen LogP contribution < -0.4 is 19.7 Å². The van der Waals surface area contributed by atoms with E-state index in [1.807, 2.05) is 43.7 Å². The van der Waals surface area contributed by atoms with Gasteiger partial charge in [-0.15, -0.1) is 0 Å². The Morgan fingerprint density at radius 3 is 2.50 bits per heavy atom. The van der Waals surface area contributed by atoms with E-state index < -0.39 is 0 Å². The topological polar surface area (TPSA) is 77.3 Å². The fourth-order valence-corrected chi connectivity index (χ4v) is 4.47. The molecule has 8 heteroatoms. The molecule has 1 aliphatic heterocycles. The number of nitrogens with zero attached hydrogens (tertiary/aromatic N) is 5. The van der Waals surface area contributed by atoms with E-state index in [0.29, 0.717) is 6.04 Å². The zero-order valence-electron chi connectivity index (χ0n) is 19.9. The largest absolute Gasteiger partial charge is 0.497 e. The number of rotatable bonds is 7. The van der Waals surface area contributed by atoms with Crippen LogP contribution in [0.15, 0.2) is 55.0 Å². The highest BCUT2D eigenvalue weighted by molar-refractivity contribution is 5.82. The minimum atomic E-state index is 0.398. The maximum Gasteiger partial charge on any atom is 0.124 e. The predicted octanol–water partition coefficient (Wildman–Crippen LogP) is 4.33. The zero-order chi connectivity index (χ0) is 23.5. The van der Waals surface area contributed by atoms with Crippen LogP contribution in [0, 0.1) is 0 Å². The van der Waals surface area contributed by atoms with Crippen molar-refractivity contribution in [2.45, 2.75) is 25.3 Å². The zero-order valence-corrected chi connectivity index (χ0v) is 19.9. The number of anilines is 2. The van der Waals surface area contributed by atoms with Crippen molar-refractivity contribution in [3.05, 3.63) is 55.0 Å². The maximum absolute atomic E-state index is 5.56. The van der Waals surface area contributed by atoms with Gasteiger partial charge in [0, 0.05) is 61.0 Å². The summed E-state index contributed by atoms with van der Waals surface area (Å²) in [7, 11) is 5.25. The SMILES string of the molecule is COc1cc(OC)cc(N(CC2CCCCN2)c2ccc3ncc(-c4cnn(C)c4)nc3c2)c1. The number of benzene rings is 2. The molecule has 34 heavy (non-hydrogen) atoms. The Bertz CT molecular complexity index is 1260. The van der Waals surface area contributed by atoms with Crippen LogP contribution in [0.5, 0.6) is 11.5 Å². The van der Waals surface area contributed by atoms with Gasteiger partial charge in [0.05, 0.1) is 43.3 Å². The molecular weight excluding hydrogens is 428 g/mol. The van der Waals surface area contributed by atoms with E-state index in [1.165, 1.54) is 12.8 Å². The summed E-state index contributed by atoms with van der Waals surface area (Å²) < 4.78 is 12.9. The molecule has 0 bridgehead atoms. The van der Waals surface area contributed by atoms with Crippen LogP contribution in [0.3, 0.4) is 0 Å². The maximum atomic E-state index is 5.56. The lowest BCUT2D eigenvalue weighted by Gasteiger charge is -2.32. The van der Waals surface area contributed by atoms with Gasteiger partial charge in [0.2, 0.25) is 0 Å². The highest BCUT2D eigenvalue weighted by Crippen LogP contribution is 2.34. The molecule has 1 saturated heterocycles. The molecule has 176 valence electrons. The number of fused-ring (bicyclic) bond motifs is 1. The van der Waals surface area contributed by atoms with Gasteiger partial charge >= 0.3 is 0 Å². The second kappa shape index (κ2) is 9.69. The van der Waals surface area contributed by atoms with Crippen LogP contribution >= 0.6 is 0 Å². The summed E-state index contributed by atoms with van der Waals surface area (Å²) in [6.07, 6.45) is 9.18. The summed E-state index contributed by atoms with van der Waals surface area (Å²) in [6.45, 7) is 1.88. The predicted molar refractivity (Wildman–Crippen MR) is 134 cm³/mol. The molecule has 1 N–H and O–H groups in total. The summed E-state index contributed by atoms with van der Waals surface area (Å²) >= 11 is 0. The Kier molecular flexibility index (Phi) is 6.31. The number of aryl methyl sites for hydroxylation is 1. The average Bonchev–Trinajstić information content (AvgIpc) is 3.33. The smallest absolute Gasteiger partial charge is 0.124 e. The Labute approximate surface area is 199 Å². The van der Waals surface area contributed by atoms with Gasteiger partial charge < -0.3 is 19.7 Å². The molecule has 3 heterocycles. The van der Waals surface area contributed by atoms with Gasteiger partial charge in [-0.25, -0.2) is 4.98 Å². The molecular formula is C26H30N6O2. The first-order valence-electron chi connectivity index (χ1n) is 11.6. The normalized spacial score (nSPS) is 15.9. The fraction of sp³-hybridized carbons (Fsp3) is 0.346. The Hall–Kier alpha value is -3.65. The fourth-order valence-electron chi connectivity index (χ4n) is 4.47. The lowest BCUT2D eigenvalue weighted by Crippen LogP contribution is -2.42. The molecule has 1 atom stereocenters. The number of hydrogen-bond acceptors (Lipinski definition) is 7. The van der Waals surface area contributed by atoms with Crippen LogP contribution in [0.4, 0.5) is 11.4 Å². The van der Waals surface area contributed by atoms with Crippen LogP contribution in [-0.4, -0.2) is 53.1 Å². The summed E-state index contributed by atoms with van der Waals surface area (Å²) in [5.74, 6) is 1.52. The van der Waals surface area contributed by atoms with Crippen molar-refractivity contribution < 1.29 is 9.47 Å². The highest BCUT2D eigenvalue weighted by atomic mass is 16.5. The Balaban J connectivity index is 1.57. The van der Waals surface area contributed by atoms with Crippen LogP contribution in [-0.2, 0) is 7.05 Å². The number of nitrogens with one attached hydrogen (secondary N) is 1. The molecule has 4 aromatic rings. The third-order valence-electron chi connectivity index (χ3n) is 6.30. The number of hydrogen-bond donors (Lipinski definition) is 1. The van der Waals surface area contributed by atoms with Crippen molar-refractivity contribution in [1.82, 2.24) is 25.1 Å². The van der Waals surface area contributed by atoms with Gasteiger partial charge in [0.1, 0.15) is 11.5 Å². The van der Waals surface area contributed by atoms with Crippen LogP contribution in [0.2, 0.25) is 0 Å². The van der Waals surface area contributed by atoms with Gasteiger partial charge in [-0.1, -0.05) is 6.42 Å². The molecule has 2 aromatic heterocycles. The first kappa shape index (κ1) is 22.2. The lowest BCUT2D eigenvalue weighted by atomic mass is 10.0. The third-order valence-corrected chi connectivity index (χ3v) is 6.30. The first-order valence-corrected chi connectivity index (χ1v) is 11.6. The molecule has 1 fully saturated rings. The summed E-state index contributed by atoms with van der Waals surface area (Å²) in [6, 6.07) is 12.6. The van der Waals surface area contributed by atoms with Gasteiger partial charge in [-0.2, -0.15) is 5.10 Å². The number of aromatic nitrogens is 4. The molecule has 0 aliphatic carbocycles. The van der Waals surface area contributed by atoms with E-state index in [9.17, 15) is 0 Å². The lowest BCUT2D eigenvalue weighted by molar-refractivity contribution is 0.393. The number of ether oxygens (including phenoxy) is 2. The molecule has 1 unspecified atom stereocenters. The number of piperidine rings is 1. The molecule has 5 rings (SSSR count). The molecule has 0 saturated carbocycles. The van der Waals surface area contributed by atoms with E-state index in [0.717, 1.165) is 64.7 Å². The first-order chi connectivity index (χ1) is 16.6. The van der Waals surface area contributed by atoms with Crippen molar-refractivity contribution >= 4 is 22.4 Å². The minimum absolute atomic E-state index is 0.398. The molecule has 8 nitrogen and oxygen atoms in total. The van der Waals surface area contributed by atoms with Gasteiger partial charge in [0.15, 0.2) is 0 Å². The summed E-state index contributed by atoms with van der Waals surface area (Å²) in [5.41, 5.74) is 5.52. The highest BCUT2D eigenvalue weighted by Gasteiger charge is 2.20. The standard InChI is InChI=1S/C26H30N6O2/c1-31-16-18(14-29-31)26-15-28-24-8-7-20(12-25(24)30-26)32(17-19-6-4-5-9-27-19)21-10-22(33-2)13-23(11-21)34-3/h7-8,10-16,19,27H,4-6,9,17H2,1-3H3. The van der Waals surface area contributed by atoms with Gasteiger partial charge in [-0.05, 0) is 37.6 Å². The van der Waals surface area contributed by atoms with Crippen molar-refractivity contribution in [3.8, 4) is 22.8 Å². The van der Waals surface area contributed by atoms with E-state index in [-0.39, 0.29) is 0 Å².